The first-order chi connectivity index (χ1) is 5.81. The van der Waals surface area contributed by atoms with Gasteiger partial charge in [0.15, 0.2) is 13.2 Å². The summed E-state index contributed by atoms with van der Waals surface area (Å²) < 4.78 is 0. The summed E-state index contributed by atoms with van der Waals surface area (Å²) >= 11 is 6.43. The molecule has 0 aromatic carbocycles. The maximum atomic E-state index is 10.6. The van der Waals surface area contributed by atoms with Crippen molar-refractivity contribution in [3.05, 3.63) is 4.91 Å². The maximum absolute atomic E-state index is 10.6. The lowest BCUT2D eigenvalue weighted by Gasteiger charge is -1.92. The van der Waals surface area contributed by atoms with Crippen LogP contribution in [-0.4, -0.2) is 29.0 Å². The molecule has 0 amide bonds. The third-order valence-electron chi connectivity index (χ3n) is 0.949. The van der Waals surface area contributed by atoms with E-state index >= 15 is 0 Å². The van der Waals surface area contributed by atoms with Gasteiger partial charge in [-0.25, -0.2) is 0 Å². The Kier molecular flexibility index (Phi) is 9.37. The Balaban J connectivity index is 3.10. The van der Waals surface area contributed by atoms with Crippen molar-refractivity contribution in [1.82, 2.24) is 0 Å². The molecule has 12 heavy (non-hydrogen) atoms. The van der Waals surface area contributed by atoms with Gasteiger partial charge in [-0.3, -0.25) is 0 Å². The van der Waals surface area contributed by atoms with Gasteiger partial charge in [0.2, 0.25) is 0 Å². The SMILES string of the molecule is O=[N+](OCCCBr)OCCCBr. The molecule has 0 aliphatic carbocycles. The van der Waals surface area contributed by atoms with Gasteiger partial charge in [0.05, 0.1) is 0 Å². The molecule has 0 fully saturated rings. The van der Waals surface area contributed by atoms with Gasteiger partial charge in [0.1, 0.15) is 4.91 Å². The average molecular weight is 306 g/mol. The van der Waals surface area contributed by atoms with Crippen LogP contribution in [0.25, 0.3) is 0 Å². The van der Waals surface area contributed by atoms with Crippen LogP contribution in [0, 0.1) is 4.91 Å². The Morgan fingerprint density at radius 2 is 1.42 bits per heavy atom. The van der Waals surface area contributed by atoms with Crippen LogP contribution in [0.5, 0.6) is 0 Å². The fraction of sp³-hybridized carbons (Fsp3) is 1.00. The normalized spacial score (nSPS) is 9.50. The van der Waals surface area contributed by atoms with E-state index in [1.165, 1.54) is 0 Å². The highest BCUT2D eigenvalue weighted by Gasteiger charge is 2.10. The van der Waals surface area contributed by atoms with E-state index in [0.29, 0.717) is 13.2 Å². The van der Waals surface area contributed by atoms with E-state index < -0.39 is 0 Å². The van der Waals surface area contributed by atoms with Gasteiger partial charge in [-0.2, -0.15) is 9.68 Å². The molecule has 6 heteroatoms. The fourth-order valence-corrected chi connectivity index (χ4v) is 0.882. The van der Waals surface area contributed by atoms with E-state index in [0.717, 1.165) is 23.5 Å². The molecule has 0 atom stereocenters. The Hall–Kier alpha value is 0.160. The average Bonchev–Trinajstić information content (AvgIpc) is 2.06. The first kappa shape index (κ1) is 12.2. The summed E-state index contributed by atoms with van der Waals surface area (Å²) in [6.07, 6.45) is 1.58. The van der Waals surface area contributed by atoms with E-state index in [1.807, 2.05) is 0 Å². The highest BCUT2D eigenvalue weighted by molar-refractivity contribution is 9.09. The molecule has 0 aromatic heterocycles. The van der Waals surface area contributed by atoms with E-state index in [4.69, 9.17) is 0 Å². The van der Waals surface area contributed by atoms with Crippen LogP contribution in [-0.2, 0) is 9.68 Å². The molecule has 4 nitrogen and oxygen atoms in total. The second-order valence-corrected chi connectivity index (χ2v) is 3.56. The molecule has 0 aliphatic rings. The fourth-order valence-electron chi connectivity index (χ4n) is 0.425. The van der Waals surface area contributed by atoms with E-state index in [9.17, 15) is 4.91 Å². The molecule has 0 bridgehead atoms. The largest absolute Gasteiger partial charge is 0.477 e. The minimum absolute atomic E-state index is 0.172. The lowest BCUT2D eigenvalue weighted by Crippen LogP contribution is -2.12. The Bertz CT molecular complexity index is 111. The standard InChI is InChI=1S/C6H12Br2NO3/c7-3-1-5-11-9(10)12-6-2-4-8/h1-6H2/q+1. The van der Waals surface area contributed by atoms with Crippen molar-refractivity contribution in [2.45, 2.75) is 12.8 Å². The summed E-state index contributed by atoms with van der Waals surface area (Å²) in [4.78, 5) is 19.9. The van der Waals surface area contributed by atoms with Crippen LogP contribution in [0.2, 0.25) is 0 Å². The van der Waals surface area contributed by atoms with E-state index in [1.54, 1.807) is 0 Å². The first-order valence-corrected chi connectivity index (χ1v) is 5.90. The number of hydrogen-bond acceptors (Lipinski definition) is 3. The zero-order chi connectivity index (χ0) is 9.23. The summed E-state index contributed by atoms with van der Waals surface area (Å²) in [6, 6.07) is 0. The summed E-state index contributed by atoms with van der Waals surface area (Å²) in [7, 11) is 0. The minimum Gasteiger partial charge on any atom is -0.187 e. The lowest BCUT2D eigenvalue weighted by molar-refractivity contribution is -0.981. The third kappa shape index (κ3) is 8.26. The molecule has 0 rings (SSSR count). The van der Waals surface area contributed by atoms with E-state index in [2.05, 4.69) is 41.5 Å². The minimum atomic E-state index is 0.172. The molecule has 0 aromatic rings. The van der Waals surface area contributed by atoms with Gasteiger partial charge in [0.25, 0.3) is 0 Å². The summed E-state index contributed by atoms with van der Waals surface area (Å²) in [5, 5.41) is 1.82. The van der Waals surface area contributed by atoms with Crippen molar-refractivity contribution in [3.8, 4) is 0 Å². The number of alkyl halides is 2. The van der Waals surface area contributed by atoms with Gasteiger partial charge in [0, 0.05) is 10.7 Å². The van der Waals surface area contributed by atoms with Gasteiger partial charge in [-0.1, -0.05) is 31.9 Å². The zero-order valence-corrected chi connectivity index (χ0v) is 9.84. The molecular formula is C6H12Br2NO3+. The molecule has 0 spiro atoms. The Morgan fingerprint density at radius 3 is 1.75 bits per heavy atom. The predicted molar refractivity (Wildman–Crippen MR) is 52.4 cm³/mol. The number of halogens is 2. The van der Waals surface area contributed by atoms with Crippen LogP contribution >= 0.6 is 31.9 Å². The monoisotopic (exact) mass is 304 g/mol. The molecule has 0 unspecified atom stereocenters. The van der Waals surface area contributed by atoms with Gasteiger partial charge < -0.3 is 0 Å². The highest BCUT2D eigenvalue weighted by Crippen LogP contribution is 1.92. The Labute approximate surface area is 88.3 Å². The van der Waals surface area contributed by atoms with Crippen LogP contribution in [0.3, 0.4) is 0 Å². The van der Waals surface area contributed by atoms with Gasteiger partial charge in [-0.05, 0) is 12.8 Å². The van der Waals surface area contributed by atoms with Crippen molar-refractivity contribution in [2.75, 3.05) is 23.9 Å². The number of nitrogens with zero attached hydrogens (tertiary/aromatic N) is 1. The molecule has 0 heterocycles. The van der Waals surface area contributed by atoms with Gasteiger partial charge in [-0.15, -0.1) is 0 Å². The van der Waals surface area contributed by atoms with Crippen LogP contribution in [0.4, 0.5) is 0 Å². The highest BCUT2D eigenvalue weighted by atomic mass is 79.9. The molecule has 72 valence electrons. The summed E-state index contributed by atoms with van der Waals surface area (Å²) in [5.74, 6) is 0. The van der Waals surface area contributed by atoms with Crippen LogP contribution in [0.1, 0.15) is 12.8 Å². The van der Waals surface area contributed by atoms with Crippen LogP contribution < -0.4 is 0 Å². The smallest absolute Gasteiger partial charge is 0.187 e. The molecule has 0 aliphatic heterocycles. The molecule has 0 saturated heterocycles. The molecule has 0 radical (unpaired) electrons. The molecule has 0 saturated carbocycles. The first-order valence-electron chi connectivity index (χ1n) is 3.66. The Morgan fingerprint density at radius 1 is 1.00 bits per heavy atom. The summed E-state index contributed by atoms with van der Waals surface area (Å²) in [6.45, 7) is 0.756. The number of hydrogen-bond donors (Lipinski definition) is 0. The second kappa shape index (κ2) is 9.25. The number of rotatable bonds is 8. The topological polar surface area (TPSA) is 38.5 Å². The second-order valence-electron chi connectivity index (χ2n) is 1.98. The predicted octanol–water partition coefficient (Wildman–Crippen LogP) is 2.20. The van der Waals surface area contributed by atoms with Crippen molar-refractivity contribution < 1.29 is 14.8 Å². The van der Waals surface area contributed by atoms with Crippen LogP contribution in [0.15, 0.2) is 0 Å². The van der Waals surface area contributed by atoms with Crippen molar-refractivity contribution >= 4 is 31.9 Å². The van der Waals surface area contributed by atoms with Gasteiger partial charge >= 0.3 is 5.09 Å². The quantitative estimate of drug-likeness (QED) is 0.392. The third-order valence-corrected chi connectivity index (χ3v) is 2.07. The van der Waals surface area contributed by atoms with E-state index in [-0.39, 0.29) is 5.09 Å². The maximum Gasteiger partial charge on any atom is 0.477 e. The van der Waals surface area contributed by atoms with Crippen molar-refractivity contribution in [2.24, 2.45) is 0 Å². The molecule has 0 N–H and O–H groups in total. The van der Waals surface area contributed by atoms with Crippen molar-refractivity contribution in [3.63, 3.8) is 0 Å². The summed E-state index contributed by atoms with van der Waals surface area (Å²) in [5.41, 5.74) is 0. The zero-order valence-electron chi connectivity index (χ0n) is 6.67. The van der Waals surface area contributed by atoms with Crippen molar-refractivity contribution in [1.29, 1.82) is 0 Å². The molecular weight excluding hydrogens is 294 g/mol. The lowest BCUT2D eigenvalue weighted by atomic mass is 10.5.